The lowest BCUT2D eigenvalue weighted by molar-refractivity contribution is -0.136. The molecule has 2 N–H and O–H groups in total. The second-order valence-electron chi connectivity index (χ2n) is 5.11. The fourth-order valence-corrected chi connectivity index (χ4v) is 1.93. The van der Waals surface area contributed by atoms with E-state index >= 15 is 0 Å². The van der Waals surface area contributed by atoms with Crippen LogP contribution in [0.25, 0.3) is 0 Å². The molecular weight excluding hydrogens is 280 g/mol. The van der Waals surface area contributed by atoms with Crippen LogP contribution in [0.5, 0.6) is 11.5 Å². The predicted octanol–water partition coefficient (Wildman–Crippen LogP) is 2.70. The molecule has 22 heavy (non-hydrogen) atoms. The van der Waals surface area contributed by atoms with Crippen molar-refractivity contribution in [2.45, 2.75) is 18.9 Å². The molecule has 0 aliphatic heterocycles. The number of amides is 2. The lowest BCUT2D eigenvalue weighted by Gasteiger charge is -2.12. The molecule has 3 rings (SSSR count). The highest BCUT2D eigenvalue weighted by molar-refractivity contribution is 6.39. The Morgan fingerprint density at radius 2 is 1.59 bits per heavy atom. The monoisotopic (exact) mass is 296 g/mol. The van der Waals surface area contributed by atoms with Crippen LogP contribution in [0.15, 0.2) is 54.6 Å². The van der Waals surface area contributed by atoms with E-state index in [0.717, 1.165) is 12.8 Å². The minimum absolute atomic E-state index is 0.147. The van der Waals surface area contributed by atoms with Gasteiger partial charge in [0.1, 0.15) is 5.75 Å². The summed E-state index contributed by atoms with van der Waals surface area (Å²) in [6, 6.07) is 16.4. The maximum Gasteiger partial charge on any atom is 0.313 e. The predicted molar refractivity (Wildman–Crippen MR) is 82.8 cm³/mol. The lowest BCUT2D eigenvalue weighted by Crippen LogP contribution is -2.36. The first kappa shape index (κ1) is 14.1. The molecule has 0 unspecified atom stereocenters. The van der Waals surface area contributed by atoms with E-state index in [-0.39, 0.29) is 6.04 Å². The molecule has 2 amide bonds. The van der Waals surface area contributed by atoms with E-state index < -0.39 is 11.8 Å². The number of rotatable bonds is 4. The molecule has 0 bridgehead atoms. The van der Waals surface area contributed by atoms with Gasteiger partial charge in [-0.2, -0.15) is 0 Å². The number of ether oxygens (including phenoxy) is 1. The number of anilines is 1. The lowest BCUT2D eigenvalue weighted by atomic mass is 10.2. The SMILES string of the molecule is O=C(Nc1ccccc1Oc1ccccc1)C(=O)NC1CC1. The Kier molecular flexibility index (Phi) is 4.05. The second kappa shape index (κ2) is 6.30. The Hall–Kier alpha value is -2.82. The zero-order chi connectivity index (χ0) is 15.4. The molecule has 1 fully saturated rings. The molecular formula is C17H16N2O3. The first-order chi connectivity index (χ1) is 10.7. The summed E-state index contributed by atoms with van der Waals surface area (Å²) in [5.41, 5.74) is 0.460. The van der Waals surface area contributed by atoms with Crippen LogP contribution in [0, 0.1) is 0 Å². The first-order valence-electron chi connectivity index (χ1n) is 7.16. The topological polar surface area (TPSA) is 67.4 Å². The van der Waals surface area contributed by atoms with Gasteiger partial charge >= 0.3 is 11.8 Å². The van der Waals surface area contributed by atoms with Gasteiger partial charge in [0.2, 0.25) is 0 Å². The normalized spacial score (nSPS) is 13.3. The van der Waals surface area contributed by atoms with Gasteiger partial charge in [0.25, 0.3) is 0 Å². The molecule has 5 heteroatoms. The Morgan fingerprint density at radius 1 is 0.909 bits per heavy atom. The molecule has 2 aromatic rings. The van der Waals surface area contributed by atoms with Crippen molar-refractivity contribution in [3.63, 3.8) is 0 Å². The molecule has 0 radical (unpaired) electrons. The maximum absolute atomic E-state index is 11.9. The van der Waals surface area contributed by atoms with Crippen molar-refractivity contribution in [2.75, 3.05) is 5.32 Å². The van der Waals surface area contributed by atoms with Gasteiger partial charge in [0.05, 0.1) is 5.69 Å². The average Bonchev–Trinajstić information content (AvgIpc) is 3.34. The van der Waals surface area contributed by atoms with Gasteiger partial charge in [-0.25, -0.2) is 0 Å². The van der Waals surface area contributed by atoms with Gasteiger partial charge in [-0.1, -0.05) is 30.3 Å². The summed E-state index contributed by atoms with van der Waals surface area (Å²) in [4.78, 5) is 23.6. The van der Waals surface area contributed by atoms with Crippen LogP contribution in [0.3, 0.4) is 0 Å². The Balaban J connectivity index is 1.70. The molecule has 1 aliphatic rings. The van der Waals surface area contributed by atoms with E-state index in [1.807, 2.05) is 30.3 Å². The summed E-state index contributed by atoms with van der Waals surface area (Å²) >= 11 is 0. The first-order valence-corrected chi connectivity index (χ1v) is 7.16. The minimum Gasteiger partial charge on any atom is -0.455 e. The van der Waals surface area contributed by atoms with E-state index in [9.17, 15) is 9.59 Å². The van der Waals surface area contributed by atoms with Crippen LogP contribution in [0.1, 0.15) is 12.8 Å². The standard InChI is InChI=1S/C17H16N2O3/c20-16(18-12-10-11-12)17(21)19-14-8-4-5-9-15(14)22-13-6-2-1-3-7-13/h1-9,12H,10-11H2,(H,18,20)(H,19,21). The number of nitrogens with one attached hydrogen (secondary N) is 2. The smallest absolute Gasteiger partial charge is 0.313 e. The highest BCUT2D eigenvalue weighted by Gasteiger charge is 2.26. The van der Waals surface area contributed by atoms with Crippen molar-refractivity contribution in [3.8, 4) is 11.5 Å². The van der Waals surface area contributed by atoms with Crippen LogP contribution >= 0.6 is 0 Å². The van der Waals surface area contributed by atoms with Gasteiger partial charge in [-0.3, -0.25) is 9.59 Å². The van der Waals surface area contributed by atoms with Crippen molar-refractivity contribution in [1.29, 1.82) is 0 Å². The number of hydrogen-bond donors (Lipinski definition) is 2. The largest absolute Gasteiger partial charge is 0.455 e. The van der Waals surface area contributed by atoms with Crippen molar-refractivity contribution >= 4 is 17.5 Å². The number of benzene rings is 2. The molecule has 0 aromatic heterocycles. The maximum atomic E-state index is 11.9. The van der Waals surface area contributed by atoms with Crippen molar-refractivity contribution in [1.82, 2.24) is 5.32 Å². The summed E-state index contributed by atoms with van der Waals surface area (Å²) < 4.78 is 5.74. The third kappa shape index (κ3) is 3.63. The number of carbonyl (C=O) groups excluding carboxylic acids is 2. The third-order valence-corrected chi connectivity index (χ3v) is 3.23. The van der Waals surface area contributed by atoms with Gasteiger partial charge in [0.15, 0.2) is 5.75 Å². The molecule has 1 aliphatic carbocycles. The van der Waals surface area contributed by atoms with E-state index in [1.165, 1.54) is 0 Å². The molecule has 2 aromatic carbocycles. The average molecular weight is 296 g/mol. The Labute approximate surface area is 128 Å². The van der Waals surface area contributed by atoms with Crippen LogP contribution in [-0.4, -0.2) is 17.9 Å². The highest BCUT2D eigenvalue weighted by atomic mass is 16.5. The van der Waals surface area contributed by atoms with E-state index in [4.69, 9.17) is 4.74 Å². The molecule has 112 valence electrons. The minimum atomic E-state index is -0.684. The summed E-state index contributed by atoms with van der Waals surface area (Å²) in [6.45, 7) is 0. The third-order valence-electron chi connectivity index (χ3n) is 3.23. The van der Waals surface area contributed by atoms with Gasteiger partial charge < -0.3 is 15.4 Å². The summed E-state index contributed by atoms with van der Waals surface area (Å²) in [5, 5.41) is 5.24. The quantitative estimate of drug-likeness (QED) is 0.852. The summed E-state index contributed by atoms with van der Waals surface area (Å²) in [7, 11) is 0. The van der Waals surface area contributed by atoms with Gasteiger partial charge in [-0.15, -0.1) is 0 Å². The highest BCUT2D eigenvalue weighted by Crippen LogP contribution is 2.29. The van der Waals surface area contributed by atoms with Gasteiger partial charge in [-0.05, 0) is 37.1 Å². The van der Waals surface area contributed by atoms with Crippen LogP contribution in [-0.2, 0) is 9.59 Å². The van der Waals surface area contributed by atoms with E-state index in [1.54, 1.807) is 24.3 Å². The van der Waals surface area contributed by atoms with Crippen molar-refractivity contribution in [3.05, 3.63) is 54.6 Å². The van der Waals surface area contributed by atoms with Crippen LogP contribution in [0.4, 0.5) is 5.69 Å². The summed E-state index contributed by atoms with van der Waals surface area (Å²) in [6.07, 6.45) is 1.87. The van der Waals surface area contributed by atoms with Crippen LogP contribution in [0.2, 0.25) is 0 Å². The van der Waals surface area contributed by atoms with E-state index in [2.05, 4.69) is 10.6 Å². The second-order valence-corrected chi connectivity index (χ2v) is 5.11. The Morgan fingerprint density at radius 3 is 2.32 bits per heavy atom. The van der Waals surface area contributed by atoms with E-state index in [0.29, 0.717) is 17.2 Å². The molecule has 0 saturated heterocycles. The fraction of sp³-hybridized carbons (Fsp3) is 0.176. The molecule has 0 spiro atoms. The number of para-hydroxylation sites is 3. The van der Waals surface area contributed by atoms with Crippen molar-refractivity contribution < 1.29 is 14.3 Å². The van der Waals surface area contributed by atoms with Crippen molar-refractivity contribution in [2.24, 2.45) is 0 Å². The molecule has 5 nitrogen and oxygen atoms in total. The Bertz CT molecular complexity index is 681. The van der Waals surface area contributed by atoms with Crippen LogP contribution < -0.4 is 15.4 Å². The fourth-order valence-electron chi connectivity index (χ4n) is 1.93. The summed E-state index contributed by atoms with van der Waals surface area (Å²) in [5.74, 6) is -0.152. The zero-order valence-corrected chi connectivity index (χ0v) is 11.9. The van der Waals surface area contributed by atoms with Gasteiger partial charge in [0, 0.05) is 6.04 Å². The molecule has 0 atom stereocenters. The number of carbonyl (C=O) groups is 2. The molecule has 0 heterocycles. The molecule has 1 saturated carbocycles. The zero-order valence-electron chi connectivity index (χ0n) is 11.9. The number of hydrogen-bond acceptors (Lipinski definition) is 3.